The Bertz CT molecular complexity index is 2470. The Kier molecular flexibility index (Phi) is 5.16. The van der Waals surface area contributed by atoms with Crippen molar-refractivity contribution in [3.8, 4) is 11.1 Å². The molecule has 2 heterocycles. The van der Waals surface area contributed by atoms with Gasteiger partial charge in [0.2, 0.25) is 0 Å². The number of aromatic nitrogens is 1. The van der Waals surface area contributed by atoms with Gasteiger partial charge in [-0.3, -0.25) is 4.90 Å². The van der Waals surface area contributed by atoms with Crippen molar-refractivity contribution in [2.24, 2.45) is 0 Å². The summed E-state index contributed by atoms with van der Waals surface area (Å²) >= 11 is 0. The van der Waals surface area contributed by atoms with Crippen LogP contribution >= 0.6 is 0 Å². The topological polar surface area (TPSA) is 42.4 Å². The number of para-hydroxylation sites is 2. The number of hydrogen-bond donors (Lipinski definition) is 0. The molecule has 2 aromatic heterocycles. The predicted molar refractivity (Wildman–Crippen MR) is 176 cm³/mol. The number of oxazole rings is 1. The van der Waals surface area contributed by atoms with Crippen molar-refractivity contribution in [3.05, 3.63) is 146 Å². The predicted octanol–water partition coefficient (Wildman–Crippen LogP) is 11.2. The maximum atomic E-state index is 6.66. The van der Waals surface area contributed by atoms with Crippen LogP contribution in [0.25, 0.3) is 65.7 Å². The molecule has 4 nitrogen and oxygen atoms in total. The molecule has 0 saturated heterocycles. The normalized spacial score (nSPS) is 11.7. The molecule has 0 radical (unpaired) electrons. The molecule has 7 aromatic carbocycles. The van der Waals surface area contributed by atoms with Crippen LogP contribution in [0.4, 0.5) is 17.4 Å². The highest BCUT2D eigenvalue weighted by atomic mass is 16.4. The van der Waals surface area contributed by atoms with Crippen LogP contribution < -0.4 is 4.90 Å². The number of nitrogens with zero attached hydrogens (tertiary/aromatic N) is 2. The number of fused-ring (bicyclic) bond motifs is 8. The third-order valence-corrected chi connectivity index (χ3v) is 8.29. The van der Waals surface area contributed by atoms with Gasteiger partial charge < -0.3 is 8.83 Å². The van der Waals surface area contributed by atoms with E-state index in [1.165, 1.54) is 10.8 Å². The first kappa shape index (κ1) is 23.8. The van der Waals surface area contributed by atoms with Gasteiger partial charge in [-0.05, 0) is 75.8 Å². The average molecular weight is 553 g/mol. The molecule has 0 atom stereocenters. The molecular formula is C39H24N2O2. The molecule has 9 rings (SSSR count). The van der Waals surface area contributed by atoms with Crippen molar-refractivity contribution in [1.82, 2.24) is 4.98 Å². The second-order valence-corrected chi connectivity index (χ2v) is 10.8. The first-order valence-electron chi connectivity index (χ1n) is 14.4. The smallest absolute Gasteiger partial charge is 0.307 e. The maximum absolute atomic E-state index is 6.66. The minimum atomic E-state index is 0.519. The Morgan fingerprint density at radius 2 is 1.23 bits per heavy atom. The summed E-state index contributed by atoms with van der Waals surface area (Å²) in [5.41, 5.74) is 7.49. The summed E-state index contributed by atoms with van der Waals surface area (Å²) in [6.45, 7) is 0. The monoisotopic (exact) mass is 552 g/mol. The van der Waals surface area contributed by atoms with Crippen LogP contribution in [0.5, 0.6) is 0 Å². The van der Waals surface area contributed by atoms with E-state index in [-0.39, 0.29) is 0 Å². The van der Waals surface area contributed by atoms with Gasteiger partial charge in [-0.1, -0.05) is 97.1 Å². The van der Waals surface area contributed by atoms with Crippen LogP contribution in [-0.2, 0) is 0 Å². The minimum absolute atomic E-state index is 0.519. The quantitative estimate of drug-likeness (QED) is 0.204. The molecule has 0 unspecified atom stereocenters. The number of rotatable bonds is 4. The fraction of sp³-hybridized carbons (Fsp3) is 0. The Balaban J connectivity index is 1.25. The molecule has 0 aliphatic rings. The Hall–Kier alpha value is -5.87. The first-order valence-corrected chi connectivity index (χ1v) is 14.4. The van der Waals surface area contributed by atoms with E-state index < -0.39 is 0 Å². The fourth-order valence-electron chi connectivity index (χ4n) is 6.33. The molecule has 202 valence electrons. The zero-order chi connectivity index (χ0) is 28.3. The van der Waals surface area contributed by atoms with Crippen molar-refractivity contribution < 1.29 is 8.83 Å². The summed E-state index contributed by atoms with van der Waals surface area (Å²) in [5, 5.41) is 6.83. The highest BCUT2D eigenvalue weighted by Gasteiger charge is 2.21. The molecule has 0 N–H and O–H groups in total. The molecule has 0 saturated carbocycles. The van der Waals surface area contributed by atoms with Gasteiger partial charge in [0.25, 0.3) is 0 Å². The summed E-state index contributed by atoms with van der Waals surface area (Å²) in [4.78, 5) is 7.11. The lowest BCUT2D eigenvalue weighted by molar-refractivity contribution is 0.611. The number of furan rings is 1. The van der Waals surface area contributed by atoms with Crippen LogP contribution in [0.1, 0.15) is 0 Å². The minimum Gasteiger partial charge on any atom is -0.456 e. The summed E-state index contributed by atoms with van der Waals surface area (Å²) in [5.74, 6) is 0. The summed E-state index contributed by atoms with van der Waals surface area (Å²) in [7, 11) is 0. The third-order valence-electron chi connectivity index (χ3n) is 8.29. The van der Waals surface area contributed by atoms with Gasteiger partial charge in [0.1, 0.15) is 16.7 Å². The molecule has 0 spiro atoms. The lowest BCUT2D eigenvalue weighted by Crippen LogP contribution is -2.10. The van der Waals surface area contributed by atoms with Crippen LogP contribution in [0.2, 0.25) is 0 Å². The van der Waals surface area contributed by atoms with Crippen molar-refractivity contribution >= 4 is 72.0 Å². The van der Waals surface area contributed by atoms with E-state index in [0.29, 0.717) is 6.01 Å². The van der Waals surface area contributed by atoms with Gasteiger partial charge in [0.05, 0.1) is 11.4 Å². The number of anilines is 3. The van der Waals surface area contributed by atoms with Gasteiger partial charge in [-0.25, -0.2) is 0 Å². The molecule has 0 fully saturated rings. The fourth-order valence-corrected chi connectivity index (χ4v) is 6.33. The second kappa shape index (κ2) is 9.33. The van der Waals surface area contributed by atoms with E-state index in [0.717, 1.165) is 66.3 Å². The van der Waals surface area contributed by atoms with E-state index in [2.05, 4.69) is 114 Å². The summed E-state index contributed by atoms with van der Waals surface area (Å²) in [6, 6.07) is 50.7. The maximum Gasteiger partial charge on any atom is 0.307 e. The third kappa shape index (κ3) is 3.74. The van der Waals surface area contributed by atoms with Gasteiger partial charge in [0.15, 0.2) is 5.58 Å². The van der Waals surface area contributed by atoms with Gasteiger partial charge in [-0.15, -0.1) is 0 Å². The van der Waals surface area contributed by atoms with E-state index in [9.17, 15) is 0 Å². The van der Waals surface area contributed by atoms with E-state index in [4.69, 9.17) is 13.8 Å². The van der Waals surface area contributed by atoms with E-state index >= 15 is 0 Å². The SMILES string of the molecule is c1ccc(N(c2cccc(-c3cccc4oc5ccccc5c34)c2)c2nc3ccc4c5ccccc5ccc4c3o2)cc1. The molecule has 0 aliphatic heterocycles. The Morgan fingerprint density at radius 3 is 2.16 bits per heavy atom. The molecule has 9 aromatic rings. The number of hydrogen-bond acceptors (Lipinski definition) is 4. The Labute approximate surface area is 247 Å². The number of benzene rings is 7. The Morgan fingerprint density at radius 1 is 0.488 bits per heavy atom. The van der Waals surface area contributed by atoms with Gasteiger partial charge >= 0.3 is 6.01 Å². The largest absolute Gasteiger partial charge is 0.456 e. The zero-order valence-corrected chi connectivity index (χ0v) is 23.1. The van der Waals surface area contributed by atoms with Crippen molar-refractivity contribution in [1.29, 1.82) is 0 Å². The summed E-state index contributed by atoms with van der Waals surface area (Å²) in [6.07, 6.45) is 0. The lowest BCUT2D eigenvalue weighted by Gasteiger charge is -2.21. The van der Waals surface area contributed by atoms with Crippen LogP contribution in [0, 0.1) is 0 Å². The molecular weight excluding hydrogens is 528 g/mol. The van der Waals surface area contributed by atoms with Gasteiger partial charge in [0, 0.05) is 16.2 Å². The van der Waals surface area contributed by atoms with Gasteiger partial charge in [-0.2, -0.15) is 4.98 Å². The van der Waals surface area contributed by atoms with Crippen molar-refractivity contribution in [2.45, 2.75) is 0 Å². The van der Waals surface area contributed by atoms with E-state index in [1.807, 2.05) is 36.4 Å². The highest BCUT2D eigenvalue weighted by molar-refractivity contribution is 6.15. The molecule has 0 bridgehead atoms. The van der Waals surface area contributed by atoms with Crippen LogP contribution in [0.15, 0.2) is 154 Å². The summed E-state index contributed by atoms with van der Waals surface area (Å²) < 4.78 is 12.9. The zero-order valence-electron chi connectivity index (χ0n) is 23.1. The average Bonchev–Trinajstić information content (AvgIpc) is 3.67. The molecule has 0 amide bonds. The molecule has 4 heteroatoms. The molecule has 0 aliphatic carbocycles. The van der Waals surface area contributed by atoms with Crippen molar-refractivity contribution in [3.63, 3.8) is 0 Å². The second-order valence-electron chi connectivity index (χ2n) is 10.8. The van der Waals surface area contributed by atoms with E-state index in [1.54, 1.807) is 0 Å². The first-order chi connectivity index (χ1) is 21.3. The lowest BCUT2D eigenvalue weighted by atomic mass is 9.99. The van der Waals surface area contributed by atoms with Crippen LogP contribution in [-0.4, -0.2) is 4.98 Å². The molecule has 43 heavy (non-hydrogen) atoms. The highest BCUT2D eigenvalue weighted by Crippen LogP contribution is 2.42. The van der Waals surface area contributed by atoms with Crippen molar-refractivity contribution in [2.75, 3.05) is 4.90 Å². The van der Waals surface area contributed by atoms with Crippen LogP contribution in [0.3, 0.4) is 0 Å². The standard InChI is InChI=1S/C39H24N2O2/c1-2-12-27(13-3-1)41(39-40-34-23-22-31-29-15-5-4-10-25(29)20-21-32(31)38(34)43-39)28-14-8-11-26(24-28)30-17-9-19-36-37(30)33-16-6-7-18-35(33)42-36/h1-24H.